The Morgan fingerprint density at radius 1 is 1.00 bits per heavy atom. The average Bonchev–Trinajstić information content (AvgIpc) is 3.40. The molecule has 0 aromatic heterocycles. The molecule has 3 atom stereocenters. The van der Waals surface area contributed by atoms with E-state index in [1.165, 1.54) is 0 Å². The van der Waals surface area contributed by atoms with Crippen molar-refractivity contribution in [3.63, 3.8) is 0 Å². The highest BCUT2D eigenvalue weighted by Gasteiger charge is 2.40. The molecule has 0 aliphatic carbocycles. The van der Waals surface area contributed by atoms with Crippen LogP contribution in [0.2, 0.25) is 0 Å². The second-order valence-corrected chi connectivity index (χ2v) is 10.9. The lowest BCUT2D eigenvalue weighted by Gasteiger charge is -2.33. The van der Waals surface area contributed by atoms with E-state index in [1.54, 1.807) is 31.7 Å². The zero-order valence-corrected chi connectivity index (χ0v) is 21.7. The number of hydrogen-bond acceptors (Lipinski definition) is 6. The summed E-state index contributed by atoms with van der Waals surface area (Å²) in [6.45, 7) is 4.93. The molecule has 2 aromatic rings. The Kier molecular flexibility index (Phi) is 10.2. The highest BCUT2D eigenvalue weighted by molar-refractivity contribution is 7.89. The summed E-state index contributed by atoms with van der Waals surface area (Å²) in [6, 6.07) is 14.9. The molecule has 1 aliphatic rings. The van der Waals surface area contributed by atoms with Gasteiger partial charge in [0, 0.05) is 26.8 Å². The first-order valence-corrected chi connectivity index (χ1v) is 13.4. The van der Waals surface area contributed by atoms with Crippen LogP contribution in [0.5, 0.6) is 11.5 Å². The molecule has 35 heavy (non-hydrogen) atoms. The summed E-state index contributed by atoms with van der Waals surface area (Å²) >= 11 is 0. The van der Waals surface area contributed by atoms with Gasteiger partial charge in [-0.1, -0.05) is 30.3 Å². The molecule has 0 radical (unpaired) electrons. The predicted octanol–water partition coefficient (Wildman–Crippen LogP) is 4.56. The molecular weight excluding hydrogens is 466 g/mol. The van der Waals surface area contributed by atoms with Gasteiger partial charge >= 0.3 is 0 Å². The SMILES string of the molecule is C=CC[C@@H](OC)[C@H](C[C@H]1CCCO1)S(=O)(=O)N(Cc1ccc(OC)cc1)Cc1ccc(OC)cc1. The summed E-state index contributed by atoms with van der Waals surface area (Å²) < 4.78 is 52.1. The van der Waals surface area contributed by atoms with Crippen LogP contribution in [0.3, 0.4) is 0 Å². The highest BCUT2D eigenvalue weighted by Crippen LogP contribution is 2.29. The number of ether oxygens (including phenoxy) is 4. The van der Waals surface area contributed by atoms with E-state index >= 15 is 0 Å². The molecule has 0 bridgehead atoms. The Morgan fingerprint density at radius 3 is 1.94 bits per heavy atom. The lowest BCUT2D eigenvalue weighted by atomic mass is 10.0. The van der Waals surface area contributed by atoms with E-state index in [1.807, 2.05) is 48.5 Å². The maximum absolute atomic E-state index is 14.3. The fourth-order valence-corrected chi connectivity index (χ4v) is 6.52. The molecule has 192 valence electrons. The molecule has 3 rings (SSSR count). The lowest BCUT2D eigenvalue weighted by molar-refractivity contribution is 0.0617. The molecule has 0 N–H and O–H groups in total. The van der Waals surface area contributed by atoms with Crippen LogP contribution in [-0.4, -0.2) is 58.1 Å². The summed E-state index contributed by atoms with van der Waals surface area (Å²) in [7, 11) is 0.979. The van der Waals surface area contributed by atoms with E-state index in [0.717, 1.165) is 35.5 Å². The first-order valence-electron chi connectivity index (χ1n) is 11.9. The van der Waals surface area contributed by atoms with Crippen LogP contribution in [0.25, 0.3) is 0 Å². The fraction of sp³-hybridized carbons (Fsp3) is 0.481. The molecule has 0 spiro atoms. The Balaban J connectivity index is 1.96. The van der Waals surface area contributed by atoms with Crippen molar-refractivity contribution in [3.8, 4) is 11.5 Å². The zero-order valence-electron chi connectivity index (χ0n) is 20.9. The molecule has 0 amide bonds. The summed E-state index contributed by atoms with van der Waals surface area (Å²) in [5, 5.41) is -0.759. The highest BCUT2D eigenvalue weighted by atomic mass is 32.2. The molecule has 7 nitrogen and oxygen atoms in total. The Labute approximate surface area is 209 Å². The maximum atomic E-state index is 14.3. The van der Waals surface area contributed by atoms with Crippen molar-refractivity contribution in [2.24, 2.45) is 0 Å². The van der Waals surface area contributed by atoms with Gasteiger partial charge in [0.25, 0.3) is 0 Å². The van der Waals surface area contributed by atoms with E-state index in [-0.39, 0.29) is 19.2 Å². The second-order valence-electron chi connectivity index (χ2n) is 8.72. The van der Waals surface area contributed by atoms with Crippen LogP contribution >= 0.6 is 0 Å². The molecule has 8 heteroatoms. The van der Waals surface area contributed by atoms with Crippen LogP contribution in [-0.2, 0) is 32.6 Å². The van der Waals surface area contributed by atoms with Crippen molar-refractivity contribution in [2.45, 2.75) is 56.2 Å². The van der Waals surface area contributed by atoms with Gasteiger partial charge < -0.3 is 18.9 Å². The number of benzene rings is 2. The molecule has 1 heterocycles. The largest absolute Gasteiger partial charge is 0.497 e. The minimum Gasteiger partial charge on any atom is -0.497 e. The molecule has 2 aromatic carbocycles. The van der Waals surface area contributed by atoms with Crippen molar-refractivity contribution < 1.29 is 27.4 Å². The minimum absolute atomic E-state index is 0.0962. The molecule has 0 saturated carbocycles. The minimum atomic E-state index is -3.79. The molecule has 1 fully saturated rings. The summed E-state index contributed by atoms with van der Waals surface area (Å²) in [5.41, 5.74) is 1.74. The van der Waals surface area contributed by atoms with Crippen molar-refractivity contribution in [3.05, 3.63) is 72.3 Å². The van der Waals surface area contributed by atoms with Crippen LogP contribution in [0.4, 0.5) is 0 Å². The molecular formula is C27H37NO6S. The van der Waals surface area contributed by atoms with Gasteiger partial charge in [0.1, 0.15) is 16.7 Å². The molecule has 0 unspecified atom stereocenters. The van der Waals surface area contributed by atoms with E-state index in [9.17, 15) is 8.42 Å². The van der Waals surface area contributed by atoms with Gasteiger partial charge in [-0.2, -0.15) is 4.31 Å². The van der Waals surface area contributed by atoms with Crippen molar-refractivity contribution in [1.82, 2.24) is 4.31 Å². The number of sulfonamides is 1. The normalized spacial score (nSPS) is 17.8. The second kappa shape index (κ2) is 13.1. The lowest BCUT2D eigenvalue weighted by Crippen LogP contribution is -2.46. The Morgan fingerprint density at radius 2 is 1.54 bits per heavy atom. The van der Waals surface area contributed by atoms with Gasteiger partial charge in [-0.25, -0.2) is 8.42 Å². The van der Waals surface area contributed by atoms with Gasteiger partial charge in [-0.3, -0.25) is 0 Å². The number of nitrogens with zero attached hydrogens (tertiary/aromatic N) is 1. The smallest absolute Gasteiger partial charge is 0.220 e. The third-order valence-corrected chi connectivity index (χ3v) is 8.65. The van der Waals surface area contributed by atoms with E-state index in [0.29, 0.717) is 19.4 Å². The first-order chi connectivity index (χ1) is 16.9. The summed E-state index contributed by atoms with van der Waals surface area (Å²) in [5.74, 6) is 1.44. The van der Waals surface area contributed by atoms with E-state index in [2.05, 4.69) is 6.58 Å². The number of methoxy groups -OCH3 is 3. The molecule has 1 aliphatic heterocycles. The third kappa shape index (κ3) is 7.30. The number of hydrogen-bond donors (Lipinski definition) is 0. The van der Waals surface area contributed by atoms with E-state index in [4.69, 9.17) is 18.9 Å². The van der Waals surface area contributed by atoms with Crippen LogP contribution in [0.15, 0.2) is 61.2 Å². The van der Waals surface area contributed by atoms with Crippen LogP contribution < -0.4 is 9.47 Å². The summed E-state index contributed by atoms with van der Waals surface area (Å²) in [4.78, 5) is 0. The van der Waals surface area contributed by atoms with Crippen molar-refractivity contribution in [1.29, 1.82) is 0 Å². The van der Waals surface area contributed by atoms with Crippen LogP contribution in [0, 0.1) is 0 Å². The van der Waals surface area contributed by atoms with Gasteiger partial charge in [0.15, 0.2) is 0 Å². The Hall–Kier alpha value is -2.39. The monoisotopic (exact) mass is 503 g/mol. The standard InChI is InChI=1S/C27H37NO6S/c1-5-7-26(33-4)27(18-25-8-6-17-34-25)35(29,30)28(19-21-9-13-23(31-2)14-10-21)20-22-11-15-24(32-3)16-12-22/h5,9-16,25-27H,1,6-8,17-20H2,2-4H3/t25-,26-,27+/m1/s1. The van der Waals surface area contributed by atoms with Gasteiger partial charge in [0.2, 0.25) is 10.0 Å². The number of rotatable bonds is 14. The Bertz CT molecular complexity index is 967. The average molecular weight is 504 g/mol. The van der Waals surface area contributed by atoms with Crippen LogP contribution in [0.1, 0.15) is 36.8 Å². The third-order valence-electron chi connectivity index (χ3n) is 6.41. The van der Waals surface area contributed by atoms with Crippen molar-refractivity contribution in [2.75, 3.05) is 27.9 Å². The predicted molar refractivity (Wildman–Crippen MR) is 137 cm³/mol. The fourth-order valence-electron chi connectivity index (χ4n) is 4.42. The zero-order chi connectivity index (χ0) is 25.3. The maximum Gasteiger partial charge on any atom is 0.220 e. The van der Waals surface area contributed by atoms with Gasteiger partial charge in [-0.15, -0.1) is 6.58 Å². The summed E-state index contributed by atoms with van der Waals surface area (Å²) in [6.07, 6.45) is 3.72. The molecule has 1 saturated heterocycles. The first kappa shape index (κ1) is 27.2. The quantitative estimate of drug-likeness (QED) is 0.352. The van der Waals surface area contributed by atoms with Gasteiger partial charge in [-0.05, 0) is 61.1 Å². The van der Waals surface area contributed by atoms with Gasteiger partial charge in [0.05, 0.1) is 26.4 Å². The topological polar surface area (TPSA) is 74.3 Å². The van der Waals surface area contributed by atoms with Crippen molar-refractivity contribution >= 4 is 10.0 Å². The van der Waals surface area contributed by atoms with E-state index < -0.39 is 21.4 Å².